The molecule has 0 bridgehead atoms. The minimum Gasteiger partial charge on any atom is -0.301 e. The molecule has 11 heavy (non-hydrogen) atoms. The van der Waals surface area contributed by atoms with Gasteiger partial charge in [-0.15, -0.1) is 0 Å². The van der Waals surface area contributed by atoms with Crippen molar-refractivity contribution in [3.05, 3.63) is 0 Å². The van der Waals surface area contributed by atoms with Crippen LogP contribution < -0.4 is 0 Å². The molecule has 0 saturated heterocycles. The zero-order chi connectivity index (χ0) is 8.69. The second kappa shape index (κ2) is 6.16. The van der Waals surface area contributed by atoms with Crippen molar-refractivity contribution in [3.63, 3.8) is 0 Å². The van der Waals surface area contributed by atoms with E-state index in [0.717, 1.165) is 25.7 Å². The van der Waals surface area contributed by atoms with Crippen molar-refractivity contribution in [2.45, 2.75) is 39.5 Å². The second-order valence-electron chi connectivity index (χ2n) is 2.66. The first kappa shape index (κ1) is 10.4. The zero-order valence-corrected chi connectivity index (χ0v) is 7.17. The third-order valence-electron chi connectivity index (χ3n) is 1.82. The summed E-state index contributed by atoms with van der Waals surface area (Å²) >= 11 is 0. The Morgan fingerprint density at radius 2 is 2.18 bits per heavy atom. The molecule has 0 rings (SSSR count). The Balaban J connectivity index is 3.65. The largest absolute Gasteiger partial charge is 0.345 e. The molecule has 1 atom stereocenters. The molecule has 0 spiro atoms. The number of unbranched alkanes of at least 4 members (excludes halogenated alkanes) is 1. The minimum absolute atomic E-state index is 0.125. The van der Waals surface area contributed by atoms with Crippen LogP contribution in [0.3, 0.4) is 0 Å². The predicted molar refractivity (Wildman–Crippen MR) is 42.0 cm³/mol. The van der Waals surface area contributed by atoms with Gasteiger partial charge >= 0.3 is 5.97 Å². The van der Waals surface area contributed by atoms with Crippen molar-refractivity contribution in [3.8, 4) is 0 Å². The van der Waals surface area contributed by atoms with E-state index >= 15 is 0 Å². The average molecular weight is 160 g/mol. The summed E-state index contributed by atoms with van der Waals surface area (Å²) < 4.78 is 0. The highest BCUT2D eigenvalue weighted by Gasteiger charge is 2.16. The lowest BCUT2D eigenvalue weighted by molar-refractivity contribution is -0.239. The molecule has 0 aliphatic heterocycles. The van der Waals surface area contributed by atoms with E-state index in [9.17, 15) is 4.79 Å². The molecule has 0 aromatic rings. The second-order valence-corrected chi connectivity index (χ2v) is 2.66. The summed E-state index contributed by atoms with van der Waals surface area (Å²) in [7, 11) is 0. The van der Waals surface area contributed by atoms with Gasteiger partial charge in [-0.05, 0) is 12.8 Å². The molecule has 3 heteroatoms. The summed E-state index contributed by atoms with van der Waals surface area (Å²) in [5, 5.41) is 8.09. The van der Waals surface area contributed by atoms with Crippen molar-refractivity contribution in [1.82, 2.24) is 0 Å². The Bertz CT molecular complexity index is 112. The molecule has 0 radical (unpaired) electrons. The standard InChI is InChI=1S/C8H16O3/c1-3-5-6-7(4-2)8(9)11-10/h7,10H,3-6H2,1-2H3. The molecule has 0 aliphatic rings. The molecular formula is C8H16O3. The number of hydrogen-bond donors (Lipinski definition) is 1. The minimum atomic E-state index is -0.499. The molecule has 3 nitrogen and oxygen atoms in total. The van der Waals surface area contributed by atoms with Crippen LogP contribution in [0.1, 0.15) is 39.5 Å². The van der Waals surface area contributed by atoms with E-state index in [-0.39, 0.29) is 5.92 Å². The van der Waals surface area contributed by atoms with E-state index < -0.39 is 5.97 Å². The SMILES string of the molecule is CCCCC(CC)C(=O)OO. The lowest BCUT2D eigenvalue weighted by Gasteiger charge is -2.08. The number of rotatable bonds is 5. The van der Waals surface area contributed by atoms with Crippen LogP contribution in [0.2, 0.25) is 0 Å². The highest BCUT2D eigenvalue weighted by molar-refractivity contribution is 5.71. The van der Waals surface area contributed by atoms with Gasteiger partial charge in [0.2, 0.25) is 0 Å². The molecule has 0 saturated carbocycles. The van der Waals surface area contributed by atoms with Gasteiger partial charge in [0.05, 0.1) is 5.92 Å². The van der Waals surface area contributed by atoms with Gasteiger partial charge in [-0.3, -0.25) is 0 Å². The van der Waals surface area contributed by atoms with Crippen LogP contribution in [0.15, 0.2) is 0 Å². The van der Waals surface area contributed by atoms with E-state index in [1.807, 2.05) is 6.92 Å². The summed E-state index contributed by atoms with van der Waals surface area (Å²) in [6.07, 6.45) is 3.62. The third-order valence-corrected chi connectivity index (χ3v) is 1.82. The summed E-state index contributed by atoms with van der Waals surface area (Å²) in [6.45, 7) is 3.98. The molecule has 0 heterocycles. The van der Waals surface area contributed by atoms with E-state index in [1.54, 1.807) is 0 Å². The Labute approximate surface area is 67.3 Å². The van der Waals surface area contributed by atoms with Gasteiger partial charge in [-0.1, -0.05) is 26.7 Å². The van der Waals surface area contributed by atoms with Gasteiger partial charge in [0.15, 0.2) is 0 Å². The predicted octanol–water partition coefficient (Wildman–Crippen LogP) is 2.22. The van der Waals surface area contributed by atoms with Gasteiger partial charge in [0, 0.05) is 0 Å². The van der Waals surface area contributed by atoms with Crippen LogP contribution in [0, 0.1) is 5.92 Å². The number of carbonyl (C=O) groups excluding carboxylic acids is 1. The van der Waals surface area contributed by atoms with Crippen LogP contribution in [0.4, 0.5) is 0 Å². The first-order valence-corrected chi connectivity index (χ1v) is 4.11. The Hall–Kier alpha value is -0.570. The van der Waals surface area contributed by atoms with Gasteiger partial charge in [-0.2, -0.15) is 5.26 Å². The summed E-state index contributed by atoms with van der Waals surface area (Å²) in [4.78, 5) is 14.4. The lowest BCUT2D eigenvalue weighted by Crippen LogP contribution is -2.15. The molecule has 0 fully saturated rings. The fourth-order valence-corrected chi connectivity index (χ4v) is 1.01. The van der Waals surface area contributed by atoms with E-state index in [4.69, 9.17) is 5.26 Å². The lowest BCUT2D eigenvalue weighted by atomic mass is 10.00. The number of hydrogen-bond acceptors (Lipinski definition) is 3. The van der Waals surface area contributed by atoms with Crippen molar-refractivity contribution in [1.29, 1.82) is 0 Å². The van der Waals surface area contributed by atoms with Gasteiger partial charge in [0.1, 0.15) is 0 Å². The van der Waals surface area contributed by atoms with E-state index in [1.165, 1.54) is 0 Å². The molecule has 0 aromatic carbocycles. The Kier molecular flexibility index (Phi) is 5.84. The molecule has 66 valence electrons. The van der Waals surface area contributed by atoms with E-state index in [0.29, 0.717) is 0 Å². The fourth-order valence-electron chi connectivity index (χ4n) is 1.01. The van der Waals surface area contributed by atoms with Crippen molar-refractivity contribution < 1.29 is 14.9 Å². The maximum Gasteiger partial charge on any atom is 0.345 e. The zero-order valence-electron chi connectivity index (χ0n) is 7.17. The smallest absolute Gasteiger partial charge is 0.301 e. The summed E-state index contributed by atoms with van der Waals surface area (Å²) in [5.41, 5.74) is 0. The molecule has 1 unspecified atom stereocenters. The number of carbonyl (C=O) groups is 1. The highest BCUT2D eigenvalue weighted by atomic mass is 17.1. The van der Waals surface area contributed by atoms with Crippen LogP contribution in [-0.2, 0) is 9.68 Å². The molecular weight excluding hydrogens is 144 g/mol. The van der Waals surface area contributed by atoms with Crippen molar-refractivity contribution in [2.75, 3.05) is 0 Å². The molecule has 0 aliphatic carbocycles. The van der Waals surface area contributed by atoms with Crippen molar-refractivity contribution >= 4 is 5.97 Å². The third kappa shape index (κ3) is 3.98. The summed E-state index contributed by atoms with van der Waals surface area (Å²) in [6, 6.07) is 0. The van der Waals surface area contributed by atoms with Gasteiger partial charge < -0.3 is 4.89 Å². The van der Waals surface area contributed by atoms with Crippen LogP contribution in [0.5, 0.6) is 0 Å². The maximum atomic E-state index is 10.8. The molecule has 1 N–H and O–H groups in total. The quantitative estimate of drug-likeness (QED) is 0.495. The van der Waals surface area contributed by atoms with Crippen LogP contribution in [-0.4, -0.2) is 11.2 Å². The van der Waals surface area contributed by atoms with Crippen molar-refractivity contribution in [2.24, 2.45) is 5.92 Å². The summed E-state index contributed by atoms with van der Waals surface area (Å²) in [5.74, 6) is -0.624. The van der Waals surface area contributed by atoms with Gasteiger partial charge in [-0.25, -0.2) is 4.79 Å². The Morgan fingerprint density at radius 3 is 2.55 bits per heavy atom. The highest BCUT2D eigenvalue weighted by Crippen LogP contribution is 2.13. The average Bonchev–Trinajstić information content (AvgIpc) is 2.05. The first-order valence-electron chi connectivity index (χ1n) is 4.11. The van der Waals surface area contributed by atoms with Crippen LogP contribution >= 0.6 is 0 Å². The normalized spacial score (nSPS) is 12.6. The fraction of sp³-hybridized carbons (Fsp3) is 0.875. The topological polar surface area (TPSA) is 46.5 Å². The molecule has 0 amide bonds. The molecule has 0 aromatic heterocycles. The maximum absolute atomic E-state index is 10.8. The monoisotopic (exact) mass is 160 g/mol. The Morgan fingerprint density at radius 1 is 1.55 bits per heavy atom. The van der Waals surface area contributed by atoms with Crippen LogP contribution in [0.25, 0.3) is 0 Å². The van der Waals surface area contributed by atoms with E-state index in [2.05, 4.69) is 11.8 Å². The van der Waals surface area contributed by atoms with Gasteiger partial charge in [0.25, 0.3) is 0 Å². The first-order chi connectivity index (χ1) is 5.26.